The molecule has 6 heteroatoms. The summed E-state index contributed by atoms with van der Waals surface area (Å²) in [7, 11) is -7.29. The lowest BCUT2D eigenvalue weighted by atomic mass is 10.4. The number of benzene rings is 3. The van der Waals surface area contributed by atoms with Gasteiger partial charge in [-0.3, -0.25) is 0 Å². The fourth-order valence-electron chi connectivity index (χ4n) is 3.96. The van der Waals surface area contributed by atoms with E-state index in [-0.39, 0.29) is 0 Å². The van der Waals surface area contributed by atoms with Gasteiger partial charge in [-0.2, -0.15) is 0 Å². The van der Waals surface area contributed by atoms with E-state index < -0.39 is 25.2 Å². The molecule has 0 bridgehead atoms. The summed E-state index contributed by atoms with van der Waals surface area (Å²) in [4.78, 5) is 0. The third-order valence-corrected chi connectivity index (χ3v) is 17.6. The van der Waals surface area contributed by atoms with Gasteiger partial charge in [0.2, 0.25) is 8.32 Å². The average Bonchev–Trinajstić information content (AvgIpc) is 2.79. The van der Waals surface area contributed by atoms with Gasteiger partial charge in [0, 0.05) is 0 Å². The van der Waals surface area contributed by atoms with Gasteiger partial charge in [0.05, 0.1) is 0 Å². The predicted molar refractivity (Wildman–Crippen MR) is 140 cm³/mol. The summed E-state index contributed by atoms with van der Waals surface area (Å²) in [5, 5.41) is 3.63. The molecule has 0 radical (unpaired) electrons. The normalized spacial score (nSPS) is 12.7. The van der Waals surface area contributed by atoms with Gasteiger partial charge in [0.1, 0.15) is 0 Å². The van der Waals surface area contributed by atoms with Crippen LogP contribution in [0.2, 0.25) is 32.2 Å². The van der Waals surface area contributed by atoms with E-state index >= 15 is 0 Å². The Morgan fingerprint density at radius 3 is 1.45 bits per heavy atom. The molecule has 0 aliphatic rings. The Morgan fingerprint density at radius 2 is 1.03 bits per heavy atom. The van der Waals surface area contributed by atoms with Gasteiger partial charge in [0.25, 0.3) is 0 Å². The monoisotopic (exact) mass is 465 g/mol. The second-order valence-corrected chi connectivity index (χ2v) is 20.7. The Morgan fingerprint density at radius 1 is 0.613 bits per heavy atom. The molecule has 0 heterocycles. The van der Waals surface area contributed by atoms with Crippen LogP contribution in [0.25, 0.3) is 0 Å². The molecule has 3 rings (SSSR count). The predicted octanol–water partition coefficient (Wildman–Crippen LogP) is 3.94. The van der Waals surface area contributed by atoms with Crippen LogP contribution in [0.5, 0.6) is 0 Å². The van der Waals surface area contributed by atoms with Crippen LogP contribution >= 0.6 is 0 Å². The van der Waals surface area contributed by atoms with Crippen LogP contribution in [0.15, 0.2) is 91.0 Å². The highest BCUT2D eigenvalue weighted by molar-refractivity contribution is 7.04. The second kappa shape index (κ2) is 10.2. The molecule has 0 aromatic heterocycles. The minimum Gasteiger partial charge on any atom is -0.430 e. The summed E-state index contributed by atoms with van der Waals surface area (Å²) in [6.45, 7) is 9.87. The van der Waals surface area contributed by atoms with E-state index in [0.717, 1.165) is 12.5 Å². The first-order chi connectivity index (χ1) is 14.8. The number of hydrogen-bond acceptors (Lipinski definition) is 3. The van der Waals surface area contributed by atoms with Crippen LogP contribution in [0.1, 0.15) is 6.42 Å². The van der Waals surface area contributed by atoms with E-state index in [1.165, 1.54) is 15.6 Å². The highest BCUT2D eigenvalue weighted by Crippen LogP contribution is 2.24. The lowest BCUT2D eigenvalue weighted by molar-refractivity contribution is 0.411. The van der Waals surface area contributed by atoms with Gasteiger partial charge in [-0.1, -0.05) is 91.0 Å². The minimum absolute atomic E-state index is 0.691. The summed E-state index contributed by atoms with van der Waals surface area (Å²) in [5.74, 6) is 0. The Kier molecular flexibility index (Phi) is 7.85. The molecule has 0 spiro atoms. The van der Waals surface area contributed by atoms with Crippen molar-refractivity contribution in [3.05, 3.63) is 91.0 Å². The molecule has 0 saturated carbocycles. The van der Waals surface area contributed by atoms with Crippen molar-refractivity contribution in [3.8, 4) is 0 Å². The Labute approximate surface area is 190 Å². The van der Waals surface area contributed by atoms with E-state index in [1.54, 1.807) is 0 Å². The van der Waals surface area contributed by atoms with Crippen LogP contribution in [0.3, 0.4) is 0 Å². The molecule has 3 aromatic rings. The highest BCUT2D eigenvalue weighted by Gasteiger charge is 2.50. The van der Waals surface area contributed by atoms with Gasteiger partial charge in [0.15, 0.2) is 8.32 Å². The molecule has 0 saturated heterocycles. The molecule has 3 aromatic carbocycles. The molecule has 164 valence electrons. The van der Waals surface area contributed by atoms with E-state index in [0.29, 0.717) is 6.54 Å². The minimum atomic E-state index is -2.97. The van der Waals surface area contributed by atoms with Crippen molar-refractivity contribution >= 4 is 40.8 Å². The molecule has 0 unspecified atom stereocenters. The molecule has 0 aliphatic heterocycles. The van der Waals surface area contributed by atoms with Crippen molar-refractivity contribution in [3.63, 3.8) is 0 Å². The zero-order valence-corrected chi connectivity index (χ0v) is 22.2. The van der Waals surface area contributed by atoms with Crippen molar-refractivity contribution in [1.29, 1.82) is 0 Å². The van der Waals surface area contributed by atoms with Crippen molar-refractivity contribution in [1.82, 2.24) is 0 Å². The fraction of sp³-hybridized carbons (Fsp3) is 0.280. The van der Waals surface area contributed by atoms with Crippen LogP contribution in [0.4, 0.5) is 0 Å². The molecule has 0 fully saturated rings. The Balaban J connectivity index is 2.17. The maximum Gasteiger partial charge on any atom is 0.386 e. The molecule has 31 heavy (non-hydrogen) atoms. The average molecular weight is 466 g/mol. The van der Waals surface area contributed by atoms with Crippen molar-refractivity contribution in [2.45, 2.75) is 38.7 Å². The fourth-order valence-corrected chi connectivity index (χ4v) is 16.9. The molecular weight excluding hydrogens is 431 g/mol. The second-order valence-electron chi connectivity index (χ2n) is 9.08. The van der Waals surface area contributed by atoms with Gasteiger partial charge in [-0.25, -0.2) is 0 Å². The van der Waals surface area contributed by atoms with E-state index in [4.69, 9.17) is 14.0 Å². The van der Waals surface area contributed by atoms with Crippen LogP contribution in [-0.2, 0) is 8.23 Å². The topological polar surface area (TPSA) is 44.5 Å². The van der Waals surface area contributed by atoms with Crippen LogP contribution in [-0.4, -0.2) is 31.7 Å². The molecule has 0 amide bonds. The first kappa shape index (κ1) is 23.8. The largest absolute Gasteiger partial charge is 0.430 e. The molecule has 0 aliphatic carbocycles. The maximum absolute atomic E-state index is 7.36. The first-order valence-corrected chi connectivity index (χ1v) is 18.9. The highest BCUT2D eigenvalue weighted by atomic mass is 28.5. The SMILES string of the molecule is C[Si](C)(CCCN)O[Si](O[Si](C)(C)c1ccccc1)(c1ccccc1)c1ccccc1. The Hall–Kier alpha value is -1.81. The molecule has 3 nitrogen and oxygen atoms in total. The van der Waals surface area contributed by atoms with Crippen molar-refractivity contribution in [2.75, 3.05) is 6.54 Å². The van der Waals surface area contributed by atoms with Gasteiger partial charge >= 0.3 is 8.56 Å². The maximum atomic E-state index is 7.36. The zero-order chi connectivity index (χ0) is 22.4. The smallest absolute Gasteiger partial charge is 0.386 e. The molecular formula is C25H35NO2Si3. The molecule has 0 atom stereocenters. The third-order valence-electron chi connectivity index (χ3n) is 5.58. The Bertz CT molecular complexity index is 895. The number of nitrogens with two attached hydrogens (primary N) is 1. The number of hydrogen-bond donors (Lipinski definition) is 1. The van der Waals surface area contributed by atoms with Crippen LogP contribution < -0.4 is 21.3 Å². The first-order valence-electron chi connectivity index (χ1n) is 11.1. The molecule has 2 N–H and O–H groups in total. The third kappa shape index (κ3) is 5.91. The lowest BCUT2D eigenvalue weighted by Crippen LogP contribution is -2.71. The van der Waals surface area contributed by atoms with Gasteiger partial charge in [-0.05, 0) is 60.8 Å². The van der Waals surface area contributed by atoms with E-state index in [9.17, 15) is 0 Å². The van der Waals surface area contributed by atoms with Gasteiger partial charge in [-0.15, -0.1) is 0 Å². The summed E-state index contributed by atoms with van der Waals surface area (Å²) >= 11 is 0. The van der Waals surface area contributed by atoms with Crippen molar-refractivity contribution in [2.24, 2.45) is 5.73 Å². The van der Waals surface area contributed by atoms with Crippen LogP contribution in [0, 0.1) is 0 Å². The zero-order valence-electron chi connectivity index (χ0n) is 19.2. The lowest BCUT2D eigenvalue weighted by Gasteiger charge is -2.43. The van der Waals surface area contributed by atoms with E-state index in [2.05, 4.69) is 117 Å². The quantitative estimate of drug-likeness (QED) is 0.461. The number of rotatable bonds is 10. The van der Waals surface area contributed by atoms with E-state index in [1.807, 2.05) is 0 Å². The van der Waals surface area contributed by atoms with Crippen molar-refractivity contribution < 1.29 is 8.23 Å². The summed E-state index contributed by atoms with van der Waals surface area (Å²) in [5.41, 5.74) is 5.85. The summed E-state index contributed by atoms with van der Waals surface area (Å²) in [6.07, 6.45) is 0.979. The summed E-state index contributed by atoms with van der Waals surface area (Å²) in [6, 6.07) is 32.9. The van der Waals surface area contributed by atoms with Gasteiger partial charge < -0.3 is 14.0 Å². The standard InChI is InChI=1S/C25H35NO2Si3/c1-29(2,22-14-21-26)27-31(24-17-10-6-11-18-24,25-19-12-7-13-20-25)28-30(3,4)23-15-8-5-9-16-23/h5-13,15-20H,14,21-22,26H2,1-4H3. The summed E-state index contributed by atoms with van der Waals surface area (Å²) < 4.78 is 14.7.